The van der Waals surface area contributed by atoms with E-state index in [1.165, 1.54) is 12.1 Å². The number of rotatable bonds is 5. The fourth-order valence-electron chi connectivity index (χ4n) is 1.35. The molecule has 0 radical (unpaired) electrons. The average Bonchev–Trinajstić information content (AvgIpc) is 2.21. The van der Waals surface area contributed by atoms with E-state index in [1.807, 2.05) is 6.92 Å². The Morgan fingerprint density at radius 3 is 2.62 bits per heavy atom. The number of anilines is 1. The van der Waals surface area contributed by atoms with E-state index >= 15 is 0 Å². The number of carbonyl (C=O) groups excluding carboxylic acids is 1. The molecule has 0 heterocycles. The van der Waals surface area contributed by atoms with Crippen LogP contribution in [0.4, 0.5) is 10.1 Å². The third kappa shape index (κ3) is 4.29. The molecule has 0 fully saturated rings. The Morgan fingerprint density at radius 1 is 1.44 bits per heavy atom. The average molecular weight is 225 g/mol. The molecule has 0 saturated heterocycles. The standard InChI is InChI=1S/C12H16FNO2/c1-3-16-12(15)8-9(2)14-11-6-4-10(13)5-7-11/h4-7,9,14H,3,8H2,1-2H3/t9-/m0/s1. The molecule has 0 bridgehead atoms. The van der Waals surface area contributed by atoms with Gasteiger partial charge in [0.2, 0.25) is 0 Å². The Morgan fingerprint density at radius 2 is 2.06 bits per heavy atom. The highest BCUT2D eigenvalue weighted by molar-refractivity contribution is 5.70. The second kappa shape index (κ2) is 6.10. The predicted octanol–water partition coefficient (Wildman–Crippen LogP) is 2.58. The van der Waals surface area contributed by atoms with Gasteiger partial charge in [-0.25, -0.2) is 4.39 Å². The van der Waals surface area contributed by atoms with Gasteiger partial charge in [-0.15, -0.1) is 0 Å². The molecule has 88 valence electrons. The van der Waals surface area contributed by atoms with Gasteiger partial charge in [-0.3, -0.25) is 4.79 Å². The summed E-state index contributed by atoms with van der Waals surface area (Å²) in [7, 11) is 0. The highest BCUT2D eigenvalue weighted by Gasteiger charge is 2.09. The zero-order chi connectivity index (χ0) is 12.0. The molecule has 4 heteroatoms. The number of benzene rings is 1. The Bertz CT molecular complexity index is 337. The lowest BCUT2D eigenvalue weighted by molar-refractivity contribution is -0.143. The maximum absolute atomic E-state index is 12.6. The minimum Gasteiger partial charge on any atom is -0.466 e. The summed E-state index contributed by atoms with van der Waals surface area (Å²) < 4.78 is 17.5. The number of ether oxygens (including phenoxy) is 1. The van der Waals surface area contributed by atoms with E-state index in [2.05, 4.69) is 5.32 Å². The van der Waals surface area contributed by atoms with Gasteiger partial charge in [-0.2, -0.15) is 0 Å². The van der Waals surface area contributed by atoms with Crippen LogP contribution >= 0.6 is 0 Å². The second-order valence-electron chi connectivity index (χ2n) is 3.56. The van der Waals surface area contributed by atoms with Crippen molar-refractivity contribution < 1.29 is 13.9 Å². The molecule has 1 aromatic carbocycles. The molecule has 1 N–H and O–H groups in total. The van der Waals surface area contributed by atoms with Crippen molar-refractivity contribution in [2.24, 2.45) is 0 Å². The lowest BCUT2D eigenvalue weighted by Crippen LogP contribution is -2.20. The summed E-state index contributed by atoms with van der Waals surface area (Å²) in [4.78, 5) is 11.2. The van der Waals surface area contributed by atoms with Gasteiger partial charge in [-0.1, -0.05) is 0 Å². The Balaban J connectivity index is 2.42. The SMILES string of the molecule is CCOC(=O)C[C@H](C)Nc1ccc(F)cc1. The van der Waals surface area contributed by atoms with Crippen LogP contribution in [-0.2, 0) is 9.53 Å². The quantitative estimate of drug-likeness (QED) is 0.783. The van der Waals surface area contributed by atoms with Crippen molar-refractivity contribution in [1.82, 2.24) is 0 Å². The summed E-state index contributed by atoms with van der Waals surface area (Å²) in [6.07, 6.45) is 0.297. The zero-order valence-corrected chi connectivity index (χ0v) is 9.50. The van der Waals surface area contributed by atoms with E-state index in [-0.39, 0.29) is 17.8 Å². The van der Waals surface area contributed by atoms with Crippen molar-refractivity contribution in [3.05, 3.63) is 30.1 Å². The Hall–Kier alpha value is -1.58. The number of carbonyl (C=O) groups is 1. The maximum Gasteiger partial charge on any atom is 0.307 e. The number of hydrogen-bond donors (Lipinski definition) is 1. The third-order valence-electron chi connectivity index (χ3n) is 2.04. The predicted molar refractivity (Wildman–Crippen MR) is 60.7 cm³/mol. The number of halogens is 1. The number of hydrogen-bond acceptors (Lipinski definition) is 3. The molecule has 0 spiro atoms. The molecule has 0 amide bonds. The van der Waals surface area contributed by atoms with Gasteiger partial charge in [0, 0.05) is 11.7 Å². The smallest absolute Gasteiger partial charge is 0.307 e. The lowest BCUT2D eigenvalue weighted by atomic mass is 10.2. The van der Waals surface area contributed by atoms with Crippen LogP contribution in [0.3, 0.4) is 0 Å². The molecule has 0 saturated carbocycles. The third-order valence-corrected chi connectivity index (χ3v) is 2.04. The Labute approximate surface area is 94.6 Å². The van der Waals surface area contributed by atoms with E-state index in [1.54, 1.807) is 19.1 Å². The van der Waals surface area contributed by atoms with Crippen LogP contribution in [0.2, 0.25) is 0 Å². The van der Waals surface area contributed by atoms with Gasteiger partial charge in [0.1, 0.15) is 5.82 Å². The van der Waals surface area contributed by atoms with E-state index in [4.69, 9.17) is 4.74 Å². The molecule has 0 aliphatic rings. The van der Waals surface area contributed by atoms with Crippen molar-refractivity contribution in [2.75, 3.05) is 11.9 Å². The largest absolute Gasteiger partial charge is 0.466 e. The van der Waals surface area contributed by atoms with Crippen LogP contribution < -0.4 is 5.32 Å². The second-order valence-corrected chi connectivity index (χ2v) is 3.56. The van der Waals surface area contributed by atoms with Gasteiger partial charge >= 0.3 is 5.97 Å². The van der Waals surface area contributed by atoms with Crippen molar-refractivity contribution >= 4 is 11.7 Å². The molecular formula is C12H16FNO2. The zero-order valence-electron chi connectivity index (χ0n) is 9.50. The first-order valence-corrected chi connectivity index (χ1v) is 5.29. The monoisotopic (exact) mass is 225 g/mol. The van der Waals surface area contributed by atoms with Crippen molar-refractivity contribution in [3.8, 4) is 0 Å². The summed E-state index contributed by atoms with van der Waals surface area (Å²) in [6, 6.07) is 5.98. The van der Waals surface area contributed by atoms with Crippen LogP contribution in [0.25, 0.3) is 0 Å². The fraction of sp³-hybridized carbons (Fsp3) is 0.417. The minimum atomic E-state index is -0.274. The molecule has 1 aromatic rings. The van der Waals surface area contributed by atoms with Gasteiger partial charge < -0.3 is 10.1 Å². The van der Waals surface area contributed by atoms with E-state index < -0.39 is 0 Å². The minimum absolute atomic E-state index is 0.0375. The highest BCUT2D eigenvalue weighted by Crippen LogP contribution is 2.11. The van der Waals surface area contributed by atoms with E-state index in [0.29, 0.717) is 13.0 Å². The van der Waals surface area contributed by atoms with Gasteiger partial charge in [0.15, 0.2) is 0 Å². The maximum atomic E-state index is 12.6. The van der Waals surface area contributed by atoms with Gasteiger partial charge in [-0.05, 0) is 38.1 Å². The molecule has 0 aliphatic carbocycles. The molecule has 0 aliphatic heterocycles. The normalized spacial score (nSPS) is 11.9. The molecule has 1 atom stereocenters. The molecule has 0 unspecified atom stereocenters. The van der Waals surface area contributed by atoms with Crippen LogP contribution in [0, 0.1) is 5.82 Å². The van der Waals surface area contributed by atoms with Crippen molar-refractivity contribution in [3.63, 3.8) is 0 Å². The first-order chi connectivity index (χ1) is 7.61. The van der Waals surface area contributed by atoms with E-state index in [9.17, 15) is 9.18 Å². The molecule has 3 nitrogen and oxygen atoms in total. The van der Waals surface area contributed by atoms with Crippen LogP contribution in [-0.4, -0.2) is 18.6 Å². The molecule has 0 aromatic heterocycles. The van der Waals surface area contributed by atoms with Gasteiger partial charge in [0.05, 0.1) is 13.0 Å². The van der Waals surface area contributed by atoms with Crippen molar-refractivity contribution in [1.29, 1.82) is 0 Å². The summed E-state index contributed by atoms with van der Waals surface area (Å²) in [5.74, 6) is -0.506. The van der Waals surface area contributed by atoms with Crippen LogP contribution in [0.5, 0.6) is 0 Å². The van der Waals surface area contributed by atoms with E-state index in [0.717, 1.165) is 5.69 Å². The molecule has 1 rings (SSSR count). The highest BCUT2D eigenvalue weighted by atomic mass is 19.1. The van der Waals surface area contributed by atoms with Gasteiger partial charge in [0.25, 0.3) is 0 Å². The summed E-state index contributed by atoms with van der Waals surface area (Å²) >= 11 is 0. The van der Waals surface area contributed by atoms with Crippen LogP contribution in [0.15, 0.2) is 24.3 Å². The first kappa shape index (κ1) is 12.5. The van der Waals surface area contributed by atoms with Crippen LogP contribution in [0.1, 0.15) is 20.3 Å². The topological polar surface area (TPSA) is 38.3 Å². The fourth-order valence-corrected chi connectivity index (χ4v) is 1.35. The lowest BCUT2D eigenvalue weighted by Gasteiger charge is -2.14. The summed E-state index contributed by atoms with van der Waals surface area (Å²) in [5.41, 5.74) is 0.790. The number of nitrogens with one attached hydrogen (secondary N) is 1. The Kier molecular flexibility index (Phi) is 4.76. The molecular weight excluding hydrogens is 209 g/mol. The summed E-state index contributed by atoms with van der Waals surface area (Å²) in [6.45, 7) is 4.04. The first-order valence-electron chi connectivity index (χ1n) is 5.29. The van der Waals surface area contributed by atoms with Crippen molar-refractivity contribution in [2.45, 2.75) is 26.3 Å². The number of esters is 1. The summed E-state index contributed by atoms with van der Waals surface area (Å²) in [5, 5.41) is 3.09. The molecule has 16 heavy (non-hydrogen) atoms.